The largest absolute Gasteiger partial charge is 0.573 e. The highest BCUT2D eigenvalue weighted by molar-refractivity contribution is 5.98. The van der Waals surface area contributed by atoms with Crippen LogP contribution in [0.5, 0.6) is 11.5 Å². The number of para-hydroxylation sites is 1. The van der Waals surface area contributed by atoms with Crippen LogP contribution in [0.1, 0.15) is 74.8 Å². The first-order valence-corrected chi connectivity index (χ1v) is 23.1. The number of rotatable bonds is 12. The second-order valence-electron chi connectivity index (χ2n) is 18.0. The molecule has 15 nitrogen and oxygen atoms in total. The first-order chi connectivity index (χ1) is 34.3. The lowest BCUT2D eigenvalue weighted by Crippen LogP contribution is -2.46. The number of halogens is 5. The standard InChI is InChI=1S/C51H42F5N9O6/c52-33-17-32(25-63-15-12-41-35(49(63)67)18-30(22-58-41)39-6-3-4-14-57-39)47(38(53)20-33)70-34-13-16-69-43(21-34)37-26-64(24-29-5-1-2-7-42(29)71-51(54,55)56)50(68)36-19-31(23-59-46(36)37)40-10-11-45-60-44(27-65(45)62-40)61-48(66)28-8-9-28/h1-7,10-11,14,17-20,22-23,27-28,34,37,43H,8-9,12-13,15-16,21,24-26H2,(H,61,66). The zero-order valence-electron chi connectivity index (χ0n) is 37.6. The number of nitrogens with one attached hydrogen (secondary N) is 1. The van der Waals surface area contributed by atoms with E-state index in [4.69, 9.17) is 14.5 Å². The maximum atomic E-state index is 16.0. The summed E-state index contributed by atoms with van der Waals surface area (Å²) in [6, 6.07) is 19.6. The van der Waals surface area contributed by atoms with Gasteiger partial charge in [-0.2, -0.15) is 5.10 Å². The van der Waals surface area contributed by atoms with Gasteiger partial charge in [0, 0.05) is 104 Å². The molecule has 3 amide bonds. The Labute approximate surface area is 401 Å². The van der Waals surface area contributed by atoms with E-state index in [1.54, 1.807) is 67.3 Å². The van der Waals surface area contributed by atoms with Gasteiger partial charge >= 0.3 is 6.36 Å². The first-order valence-electron chi connectivity index (χ1n) is 23.1. The predicted molar refractivity (Wildman–Crippen MR) is 244 cm³/mol. The van der Waals surface area contributed by atoms with Crippen LogP contribution in [-0.2, 0) is 29.0 Å². The Bertz CT molecular complexity index is 3220. The number of ether oxygens (including phenoxy) is 3. The highest BCUT2D eigenvalue weighted by atomic mass is 19.4. The zero-order valence-corrected chi connectivity index (χ0v) is 37.6. The minimum atomic E-state index is -4.99. The van der Waals surface area contributed by atoms with Crippen LogP contribution in [0, 0.1) is 17.6 Å². The molecule has 0 bridgehead atoms. The number of amides is 3. The summed E-state index contributed by atoms with van der Waals surface area (Å²) in [7, 11) is 0. The van der Waals surface area contributed by atoms with Crippen LogP contribution in [0.2, 0.25) is 0 Å². The Morgan fingerprint density at radius 2 is 1.61 bits per heavy atom. The summed E-state index contributed by atoms with van der Waals surface area (Å²) in [4.78, 5) is 62.0. The minimum Gasteiger partial charge on any atom is -0.487 e. The van der Waals surface area contributed by atoms with Crippen LogP contribution >= 0.6 is 0 Å². The van der Waals surface area contributed by atoms with Gasteiger partial charge in [-0.25, -0.2) is 18.3 Å². The Morgan fingerprint density at radius 3 is 2.42 bits per heavy atom. The number of anilines is 1. The third-order valence-corrected chi connectivity index (χ3v) is 13.1. The van der Waals surface area contributed by atoms with Gasteiger partial charge in [0.05, 0.1) is 52.8 Å². The number of carbonyl (C=O) groups is 3. The summed E-state index contributed by atoms with van der Waals surface area (Å²) in [5, 5.41) is 7.49. The summed E-state index contributed by atoms with van der Waals surface area (Å²) >= 11 is 0. The van der Waals surface area contributed by atoms with E-state index in [1.165, 1.54) is 32.5 Å². The quantitative estimate of drug-likeness (QED) is 0.117. The fourth-order valence-electron chi connectivity index (χ4n) is 9.46. The van der Waals surface area contributed by atoms with E-state index >= 15 is 8.78 Å². The molecule has 11 rings (SSSR count). The Morgan fingerprint density at radius 1 is 0.831 bits per heavy atom. The minimum absolute atomic E-state index is 0.0316. The summed E-state index contributed by atoms with van der Waals surface area (Å²) < 4.78 is 90.3. The maximum absolute atomic E-state index is 16.0. The molecule has 1 saturated heterocycles. The fraction of sp³-hybridized carbons (Fsp3) is 0.294. The number of benzene rings is 2. The molecule has 20 heteroatoms. The third-order valence-electron chi connectivity index (χ3n) is 13.1. The van der Waals surface area contributed by atoms with Crippen LogP contribution in [0.3, 0.4) is 0 Å². The molecular weight excluding hydrogens is 930 g/mol. The lowest BCUT2D eigenvalue weighted by atomic mass is 9.85. The van der Waals surface area contributed by atoms with Crippen molar-refractivity contribution in [3.8, 4) is 34.0 Å². The first kappa shape index (κ1) is 45.6. The number of hydrogen-bond acceptors (Lipinski definition) is 11. The zero-order chi connectivity index (χ0) is 49.0. The number of carbonyl (C=O) groups excluding carboxylic acids is 3. The van der Waals surface area contributed by atoms with Crippen molar-refractivity contribution in [1.82, 2.24) is 39.3 Å². The van der Waals surface area contributed by atoms with Gasteiger partial charge < -0.3 is 29.3 Å². The van der Waals surface area contributed by atoms with Crippen LogP contribution in [0.15, 0.2) is 104 Å². The van der Waals surface area contributed by atoms with E-state index < -0.39 is 47.8 Å². The maximum Gasteiger partial charge on any atom is 0.573 e. The normalized spacial score (nSPS) is 19.1. The van der Waals surface area contributed by atoms with E-state index in [0.29, 0.717) is 63.8 Å². The van der Waals surface area contributed by atoms with Crippen molar-refractivity contribution in [1.29, 1.82) is 0 Å². The molecule has 0 radical (unpaired) electrons. The van der Waals surface area contributed by atoms with Gasteiger partial charge in [-0.05, 0) is 61.4 Å². The molecule has 1 aliphatic carbocycles. The molecule has 8 heterocycles. The number of fused-ring (bicyclic) bond motifs is 3. The summed E-state index contributed by atoms with van der Waals surface area (Å²) in [5.74, 6) is -3.84. The van der Waals surface area contributed by atoms with Gasteiger partial charge in [-0.15, -0.1) is 13.2 Å². The molecule has 362 valence electrons. The second-order valence-corrected chi connectivity index (χ2v) is 18.0. The summed E-state index contributed by atoms with van der Waals surface area (Å²) in [6.07, 6.45) is 2.56. The van der Waals surface area contributed by atoms with Crippen LogP contribution in [0.4, 0.5) is 27.8 Å². The van der Waals surface area contributed by atoms with Crippen molar-refractivity contribution < 1.29 is 50.5 Å². The van der Waals surface area contributed by atoms with Crippen molar-refractivity contribution in [3.63, 3.8) is 0 Å². The van der Waals surface area contributed by atoms with Crippen LogP contribution in [0.25, 0.3) is 28.2 Å². The molecule has 1 N–H and O–H groups in total. The number of pyridine rings is 3. The average molecular weight is 972 g/mol. The van der Waals surface area contributed by atoms with Gasteiger partial charge in [-0.1, -0.05) is 24.3 Å². The van der Waals surface area contributed by atoms with Crippen LogP contribution < -0.4 is 14.8 Å². The van der Waals surface area contributed by atoms with Crippen molar-refractivity contribution in [2.24, 2.45) is 5.92 Å². The van der Waals surface area contributed by atoms with E-state index in [1.807, 2.05) is 6.07 Å². The molecule has 5 aromatic heterocycles. The molecule has 7 aromatic rings. The molecule has 2 aromatic carbocycles. The summed E-state index contributed by atoms with van der Waals surface area (Å²) in [6.45, 7) is -0.0837. The second kappa shape index (κ2) is 18.5. The lowest BCUT2D eigenvalue weighted by Gasteiger charge is -2.40. The van der Waals surface area contributed by atoms with Gasteiger partial charge in [0.15, 0.2) is 23.0 Å². The lowest BCUT2D eigenvalue weighted by molar-refractivity contribution is -0.275. The molecule has 4 aliphatic rings. The van der Waals surface area contributed by atoms with Gasteiger partial charge in [0.1, 0.15) is 17.7 Å². The topological polar surface area (TPSA) is 166 Å². The Hall–Kier alpha value is -7.87. The third kappa shape index (κ3) is 9.58. The highest BCUT2D eigenvalue weighted by Crippen LogP contribution is 2.40. The van der Waals surface area contributed by atoms with Crippen LogP contribution in [-0.4, -0.2) is 95.3 Å². The number of aromatic nitrogens is 6. The number of alkyl halides is 3. The monoisotopic (exact) mass is 971 g/mol. The van der Waals surface area contributed by atoms with Crippen molar-refractivity contribution in [2.45, 2.75) is 69.7 Å². The number of hydrogen-bond donors (Lipinski definition) is 1. The smallest absolute Gasteiger partial charge is 0.487 e. The molecule has 0 spiro atoms. The van der Waals surface area contributed by atoms with Crippen molar-refractivity contribution >= 4 is 29.2 Å². The Balaban J connectivity index is 0.872. The molecule has 1 saturated carbocycles. The van der Waals surface area contributed by atoms with E-state index in [0.717, 1.165) is 25.0 Å². The number of imidazole rings is 1. The van der Waals surface area contributed by atoms with Gasteiger partial charge in [0.25, 0.3) is 11.8 Å². The SMILES string of the molecule is O=C(Nc1cn2nc(-c3cnc4c(c3)C(=O)N(Cc3ccccc3OC(F)(F)F)CC4C3CC(Oc4c(F)cc(F)cc4CN4CCc5ncc(-c6ccccn6)cc5C4=O)CCO3)ccc2n1)C1CC1. The summed E-state index contributed by atoms with van der Waals surface area (Å²) in [5.41, 5.74) is 4.32. The molecular formula is C51H42F5N9O6. The number of nitrogens with zero attached hydrogens (tertiary/aromatic N) is 8. The van der Waals surface area contributed by atoms with E-state index in [2.05, 4.69) is 30.1 Å². The fourth-order valence-corrected chi connectivity index (χ4v) is 9.46. The average Bonchev–Trinajstić information content (AvgIpc) is 4.14. The van der Waals surface area contributed by atoms with Gasteiger partial charge in [-0.3, -0.25) is 29.3 Å². The predicted octanol–water partition coefficient (Wildman–Crippen LogP) is 8.34. The van der Waals surface area contributed by atoms with Crippen molar-refractivity contribution in [2.75, 3.05) is 25.0 Å². The molecule has 3 atom stereocenters. The van der Waals surface area contributed by atoms with Crippen molar-refractivity contribution in [3.05, 3.63) is 149 Å². The van der Waals surface area contributed by atoms with E-state index in [9.17, 15) is 27.6 Å². The highest BCUT2D eigenvalue weighted by Gasteiger charge is 2.42. The Kier molecular flexibility index (Phi) is 11.9. The van der Waals surface area contributed by atoms with E-state index in [-0.39, 0.29) is 79.4 Å². The molecule has 3 unspecified atom stereocenters. The van der Waals surface area contributed by atoms with Gasteiger partial charge in [0.2, 0.25) is 5.91 Å². The molecule has 2 fully saturated rings. The molecule has 3 aliphatic heterocycles. The molecule has 71 heavy (non-hydrogen) atoms.